The van der Waals surface area contributed by atoms with Gasteiger partial charge in [-0.15, -0.1) is 0 Å². The van der Waals surface area contributed by atoms with Gasteiger partial charge in [-0.25, -0.2) is 0 Å². The van der Waals surface area contributed by atoms with Gasteiger partial charge in [0.2, 0.25) is 0 Å². The smallest absolute Gasteiger partial charge is 0.188 e. The third kappa shape index (κ3) is 2.98. The van der Waals surface area contributed by atoms with Crippen LogP contribution in [-0.2, 0) is 6.54 Å². The van der Waals surface area contributed by atoms with Crippen molar-refractivity contribution in [2.75, 3.05) is 6.54 Å². The van der Waals surface area contributed by atoms with Gasteiger partial charge in [0.25, 0.3) is 0 Å². The van der Waals surface area contributed by atoms with E-state index < -0.39 is 0 Å². The van der Waals surface area contributed by atoms with Crippen LogP contribution in [0.4, 0.5) is 0 Å². The maximum Gasteiger partial charge on any atom is 0.188 e. The van der Waals surface area contributed by atoms with Crippen molar-refractivity contribution in [1.82, 2.24) is 9.88 Å². The molecule has 1 saturated heterocycles. The number of aromatic nitrogens is 1. The molecular weight excluding hydrogens is 228 g/mol. The lowest BCUT2D eigenvalue weighted by Gasteiger charge is -2.33. The Bertz CT molecular complexity index is 433. The largest absolute Gasteiger partial charge is 0.409 e. The predicted molar refractivity (Wildman–Crippen MR) is 70.5 cm³/mol. The van der Waals surface area contributed by atoms with Crippen LogP contribution in [0.2, 0.25) is 0 Å². The highest BCUT2D eigenvalue weighted by atomic mass is 16.4. The van der Waals surface area contributed by atoms with Crippen molar-refractivity contribution in [2.24, 2.45) is 10.9 Å². The van der Waals surface area contributed by atoms with Crippen LogP contribution in [0.3, 0.4) is 0 Å². The van der Waals surface area contributed by atoms with Crippen LogP contribution in [-0.4, -0.2) is 33.5 Å². The summed E-state index contributed by atoms with van der Waals surface area (Å²) in [6, 6.07) is 4.49. The van der Waals surface area contributed by atoms with Crippen LogP contribution in [0.15, 0.2) is 23.5 Å². The fourth-order valence-corrected chi connectivity index (χ4v) is 2.39. The Kier molecular flexibility index (Phi) is 4.15. The first-order chi connectivity index (χ1) is 8.70. The number of oxime groups is 1. The lowest BCUT2D eigenvalue weighted by Crippen LogP contribution is -2.36. The maximum absolute atomic E-state index is 8.66. The van der Waals surface area contributed by atoms with E-state index in [-0.39, 0.29) is 5.84 Å². The fourth-order valence-electron chi connectivity index (χ4n) is 2.39. The summed E-state index contributed by atoms with van der Waals surface area (Å²) in [7, 11) is 0. The van der Waals surface area contributed by atoms with Crippen LogP contribution >= 0.6 is 0 Å². The Morgan fingerprint density at radius 1 is 1.61 bits per heavy atom. The molecule has 98 valence electrons. The number of rotatable bonds is 3. The van der Waals surface area contributed by atoms with Crippen molar-refractivity contribution in [1.29, 1.82) is 0 Å². The van der Waals surface area contributed by atoms with Gasteiger partial charge in [-0.05, 0) is 44.0 Å². The van der Waals surface area contributed by atoms with Gasteiger partial charge in [-0.1, -0.05) is 11.6 Å². The molecule has 2 rings (SSSR count). The zero-order valence-corrected chi connectivity index (χ0v) is 10.7. The maximum atomic E-state index is 8.66. The Labute approximate surface area is 107 Å². The summed E-state index contributed by atoms with van der Waals surface area (Å²) in [6.07, 6.45) is 5.56. The lowest BCUT2D eigenvalue weighted by molar-refractivity contribution is 0.152. The quantitative estimate of drug-likeness (QED) is 0.368. The Balaban J connectivity index is 2.09. The number of nitrogens with two attached hydrogens (primary N) is 1. The summed E-state index contributed by atoms with van der Waals surface area (Å²) in [6.45, 7) is 4.31. The molecule has 1 aliphatic rings. The van der Waals surface area contributed by atoms with Crippen molar-refractivity contribution >= 4 is 5.84 Å². The molecule has 2 heterocycles. The van der Waals surface area contributed by atoms with Crippen molar-refractivity contribution in [3.63, 3.8) is 0 Å². The molecule has 0 spiro atoms. The summed E-state index contributed by atoms with van der Waals surface area (Å²) in [5, 5.41) is 11.6. The standard InChI is InChI=1S/C13H20N4O/c1-10-4-2-3-7-17(10)9-11-5-6-15-12(8-11)13(14)16-18/h5-6,8,10,18H,2-4,7,9H2,1H3,(H2,14,16). The van der Waals surface area contributed by atoms with Crippen molar-refractivity contribution in [2.45, 2.75) is 38.8 Å². The van der Waals surface area contributed by atoms with Crippen LogP contribution in [0.5, 0.6) is 0 Å². The molecule has 3 N–H and O–H groups in total. The van der Waals surface area contributed by atoms with E-state index in [1.54, 1.807) is 6.20 Å². The normalized spacial score (nSPS) is 22.1. The molecule has 18 heavy (non-hydrogen) atoms. The summed E-state index contributed by atoms with van der Waals surface area (Å²) in [5.41, 5.74) is 7.23. The molecule has 5 heteroatoms. The number of nitrogens with zero attached hydrogens (tertiary/aromatic N) is 3. The van der Waals surface area contributed by atoms with E-state index in [0.717, 1.165) is 18.7 Å². The Morgan fingerprint density at radius 3 is 3.17 bits per heavy atom. The van der Waals surface area contributed by atoms with Gasteiger partial charge in [0, 0.05) is 18.8 Å². The van der Waals surface area contributed by atoms with Gasteiger partial charge in [-0.3, -0.25) is 9.88 Å². The van der Waals surface area contributed by atoms with Crippen LogP contribution in [0.1, 0.15) is 37.4 Å². The van der Waals surface area contributed by atoms with Crippen molar-refractivity contribution in [3.8, 4) is 0 Å². The summed E-state index contributed by atoms with van der Waals surface area (Å²) in [5.74, 6) is 0.0588. The second-order valence-corrected chi connectivity index (χ2v) is 4.85. The fraction of sp³-hybridized carbons (Fsp3) is 0.538. The van der Waals surface area contributed by atoms with Gasteiger partial charge >= 0.3 is 0 Å². The van der Waals surface area contributed by atoms with Gasteiger partial charge in [-0.2, -0.15) is 0 Å². The Morgan fingerprint density at radius 2 is 2.44 bits per heavy atom. The zero-order valence-electron chi connectivity index (χ0n) is 10.7. The highest BCUT2D eigenvalue weighted by molar-refractivity contribution is 5.95. The topological polar surface area (TPSA) is 74.7 Å². The molecule has 0 aromatic carbocycles. The van der Waals surface area contributed by atoms with Gasteiger partial charge in [0.05, 0.1) is 0 Å². The van der Waals surface area contributed by atoms with E-state index in [0.29, 0.717) is 11.7 Å². The van der Waals surface area contributed by atoms with Gasteiger partial charge < -0.3 is 10.9 Å². The number of likely N-dealkylation sites (tertiary alicyclic amines) is 1. The molecule has 0 radical (unpaired) electrons. The van der Waals surface area contributed by atoms with Crippen molar-refractivity contribution < 1.29 is 5.21 Å². The molecule has 5 nitrogen and oxygen atoms in total. The molecular formula is C13H20N4O. The summed E-state index contributed by atoms with van der Waals surface area (Å²) in [4.78, 5) is 6.56. The Hall–Kier alpha value is -1.62. The van der Waals surface area contributed by atoms with E-state index in [1.807, 2.05) is 12.1 Å². The molecule has 1 aliphatic heterocycles. The first kappa shape index (κ1) is 12.8. The average molecular weight is 248 g/mol. The van der Waals surface area contributed by atoms with E-state index in [2.05, 4.69) is 22.0 Å². The second-order valence-electron chi connectivity index (χ2n) is 4.85. The van der Waals surface area contributed by atoms with E-state index >= 15 is 0 Å². The number of pyridine rings is 1. The highest BCUT2D eigenvalue weighted by Crippen LogP contribution is 2.19. The predicted octanol–water partition coefficient (Wildman–Crippen LogP) is 1.55. The lowest BCUT2D eigenvalue weighted by atomic mass is 10.0. The third-order valence-electron chi connectivity index (χ3n) is 3.52. The molecule has 1 unspecified atom stereocenters. The van der Waals surface area contributed by atoms with Crippen LogP contribution < -0.4 is 5.73 Å². The molecule has 1 fully saturated rings. The minimum atomic E-state index is 0.0588. The van der Waals surface area contributed by atoms with Crippen LogP contribution in [0, 0.1) is 0 Å². The third-order valence-corrected chi connectivity index (χ3v) is 3.52. The van der Waals surface area contributed by atoms with E-state index in [4.69, 9.17) is 10.9 Å². The van der Waals surface area contributed by atoms with E-state index in [1.165, 1.54) is 19.3 Å². The molecule has 1 aromatic rings. The van der Waals surface area contributed by atoms with Gasteiger partial charge in [0.1, 0.15) is 5.69 Å². The minimum absolute atomic E-state index is 0.0588. The highest BCUT2D eigenvalue weighted by Gasteiger charge is 2.18. The first-order valence-corrected chi connectivity index (χ1v) is 6.37. The number of amidine groups is 1. The monoisotopic (exact) mass is 248 g/mol. The molecule has 0 saturated carbocycles. The number of hydrogen-bond donors (Lipinski definition) is 2. The summed E-state index contributed by atoms with van der Waals surface area (Å²) >= 11 is 0. The molecule has 1 aromatic heterocycles. The molecule has 0 amide bonds. The van der Waals surface area contributed by atoms with E-state index in [9.17, 15) is 0 Å². The zero-order chi connectivity index (χ0) is 13.0. The number of piperidine rings is 1. The minimum Gasteiger partial charge on any atom is -0.409 e. The van der Waals surface area contributed by atoms with Crippen LogP contribution in [0.25, 0.3) is 0 Å². The molecule has 1 atom stereocenters. The summed E-state index contributed by atoms with van der Waals surface area (Å²) < 4.78 is 0. The molecule has 0 aliphatic carbocycles. The average Bonchev–Trinajstić information content (AvgIpc) is 2.41. The van der Waals surface area contributed by atoms with Gasteiger partial charge in [0.15, 0.2) is 5.84 Å². The second kappa shape index (κ2) is 5.82. The number of hydrogen-bond acceptors (Lipinski definition) is 4. The first-order valence-electron chi connectivity index (χ1n) is 6.37. The SMILES string of the molecule is CC1CCCCN1Cc1ccnc(C(N)=NO)c1. The molecule has 0 bridgehead atoms. The van der Waals surface area contributed by atoms with Crippen molar-refractivity contribution in [3.05, 3.63) is 29.6 Å².